The van der Waals surface area contributed by atoms with Gasteiger partial charge in [-0.15, -0.1) is 0 Å². The molecule has 0 saturated heterocycles. The van der Waals surface area contributed by atoms with Crippen LogP contribution >= 0.6 is 34.2 Å². The lowest BCUT2D eigenvalue weighted by Crippen LogP contribution is -2.31. The summed E-state index contributed by atoms with van der Waals surface area (Å²) >= 11 is 7.20. The molecule has 0 N–H and O–H groups in total. The van der Waals surface area contributed by atoms with Gasteiger partial charge < -0.3 is 4.90 Å². The molecule has 2 rings (SSSR count). The van der Waals surface area contributed by atoms with Gasteiger partial charge in [-0.2, -0.15) is 13.9 Å². The van der Waals surface area contributed by atoms with Crippen molar-refractivity contribution in [2.45, 2.75) is 23.7 Å². The zero-order chi connectivity index (χ0) is 20.0. The highest BCUT2D eigenvalue weighted by atomic mass is 127. The highest BCUT2D eigenvalue weighted by molar-refractivity contribution is 14.1. The third-order valence-corrected chi connectivity index (χ3v) is 5.75. The van der Waals surface area contributed by atoms with Crippen LogP contribution in [0.1, 0.15) is 19.8 Å². The minimum absolute atomic E-state index is 0.0242. The van der Waals surface area contributed by atoms with Gasteiger partial charge in [-0.05, 0) is 41.6 Å². The van der Waals surface area contributed by atoms with Crippen LogP contribution in [0.3, 0.4) is 0 Å². The lowest BCUT2D eigenvalue weighted by Gasteiger charge is -2.19. The SMILES string of the molecule is CCN(C(=O)CCS(=O)CCC(F)(F)I)c1cn(-c2cccnc2)nc1Cl. The standard InChI is InChI=1S/C16H18ClF2IN4O2S/c1-2-23(14(25)5-8-27(26)9-6-16(18,19)20)13-11-24(22-15(13)17)12-4-3-7-21-10-12/h3-4,7,10-11H,2,5-6,8-9H2,1H3. The summed E-state index contributed by atoms with van der Waals surface area (Å²) in [5, 5.41) is 4.34. The number of hydrogen-bond donors (Lipinski definition) is 0. The highest BCUT2D eigenvalue weighted by Crippen LogP contribution is 2.27. The lowest BCUT2D eigenvalue weighted by atomic mass is 10.3. The van der Waals surface area contributed by atoms with Crippen molar-refractivity contribution in [3.8, 4) is 5.69 Å². The normalized spacial score (nSPS) is 12.8. The Hall–Kier alpha value is -1.14. The van der Waals surface area contributed by atoms with Gasteiger partial charge in [0.05, 0.1) is 18.1 Å². The molecule has 1 amide bonds. The molecule has 1 atom stereocenters. The number of hydrogen-bond acceptors (Lipinski definition) is 4. The van der Waals surface area contributed by atoms with Crippen molar-refractivity contribution in [1.82, 2.24) is 14.8 Å². The van der Waals surface area contributed by atoms with Crippen LogP contribution in [0.25, 0.3) is 5.69 Å². The number of nitrogens with zero attached hydrogens (tertiary/aromatic N) is 4. The Labute approximate surface area is 176 Å². The zero-order valence-electron chi connectivity index (χ0n) is 14.4. The Morgan fingerprint density at radius 1 is 1.44 bits per heavy atom. The first kappa shape index (κ1) is 22.2. The van der Waals surface area contributed by atoms with Crippen LogP contribution in [0.15, 0.2) is 30.7 Å². The quantitative estimate of drug-likeness (QED) is 0.365. The van der Waals surface area contributed by atoms with Crippen molar-refractivity contribution in [3.63, 3.8) is 0 Å². The van der Waals surface area contributed by atoms with Crippen LogP contribution in [-0.2, 0) is 15.6 Å². The fraction of sp³-hybridized carbons (Fsp3) is 0.438. The Balaban J connectivity index is 2.03. The fourth-order valence-corrected chi connectivity index (χ4v) is 4.25. The number of alkyl halides is 3. The number of amides is 1. The van der Waals surface area contributed by atoms with Crippen LogP contribution in [0.4, 0.5) is 14.5 Å². The minimum atomic E-state index is -2.89. The number of carbonyl (C=O) groups excluding carboxylic acids is 1. The van der Waals surface area contributed by atoms with Gasteiger partial charge in [0.1, 0.15) is 5.69 Å². The van der Waals surface area contributed by atoms with Gasteiger partial charge in [-0.1, -0.05) is 11.6 Å². The van der Waals surface area contributed by atoms with Crippen LogP contribution in [0, 0.1) is 0 Å². The monoisotopic (exact) mass is 530 g/mol. The summed E-state index contributed by atoms with van der Waals surface area (Å²) in [5.41, 5.74) is 1.12. The second-order valence-corrected chi connectivity index (χ2v) is 9.19. The molecular weight excluding hydrogens is 513 g/mol. The van der Waals surface area contributed by atoms with E-state index in [2.05, 4.69) is 10.1 Å². The summed E-state index contributed by atoms with van der Waals surface area (Å²) < 4.78 is 36.1. The predicted octanol–water partition coefficient (Wildman–Crippen LogP) is 3.83. The number of halogens is 4. The molecule has 0 aliphatic rings. The van der Waals surface area contributed by atoms with Crippen LogP contribution in [0.2, 0.25) is 5.15 Å². The smallest absolute Gasteiger partial charge is 0.297 e. The molecule has 2 heterocycles. The maximum atomic E-state index is 12.8. The minimum Gasteiger partial charge on any atom is -0.308 e. The van der Waals surface area contributed by atoms with E-state index in [1.54, 1.807) is 37.6 Å². The molecule has 27 heavy (non-hydrogen) atoms. The molecule has 0 saturated carbocycles. The lowest BCUT2D eigenvalue weighted by molar-refractivity contribution is -0.118. The Morgan fingerprint density at radius 3 is 2.78 bits per heavy atom. The maximum Gasteiger partial charge on any atom is 0.297 e. The average molecular weight is 531 g/mol. The van der Waals surface area contributed by atoms with Crippen molar-refractivity contribution in [3.05, 3.63) is 35.9 Å². The topological polar surface area (TPSA) is 68.1 Å². The molecule has 2 aromatic rings. The van der Waals surface area contributed by atoms with E-state index in [1.165, 1.54) is 9.58 Å². The Kier molecular flexibility index (Phi) is 8.10. The van der Waals surface area contributed by atoms with E-state index in [0.29, 0.717) is 17.9 Å². The summed E-state index contributed by atoms with van der Waals surface area (Å²) in [6.07, 6.45) is 4.36. The van der Waals surface area contributed by atoms with Crippen molar-refractivity contribution in [2.24, 2.45) is 0 Å². The van der Waals surface area contributed by atoms with Crippen LogP contribution < -0.4 is 4.90 Å². The average Bonchev–Trinajstić information content (AvgIpc) is 3.00. The number of anilines is 1. The molecule has 2 aromatic heterocycles. The van der Waals surface area contributed by atoms with Crippen molar-refractivity contribution in [1.29, 1.82) is 0 Å². The van der Waals surface area contributed by atoms with E-state index in [9.17, 15) is 17.8 Å². The number of carbonyl (C=O) groups is 1. The van der Waals surface area contributed by atoms with Gasteiger partial charge in [-0.3, -0.25) is 14.0 Å². The summed E-state index contributed by atoms with van der Waals surface area (Å²) in [6, 6.07) is 3.55. The van der Waals surface area contributed by atoms with Gasteiger partial charge in [0.25, 0.3) is 3.93 Å². The molecule has 0 fully saturated rings. The molecule has 0 bridgehead atoms. The molecule has 0 aliphatic heterocycles. The number of pyridine rings is 1. The third-order valence-electron chi connectivity index (χ3n) is 3.63. The first-order valence-electron chi connectivity index (χ1n) is 8.09. The molecule has 0 aliphatic carbocycles. The number of rotatable bonds is 9. The van der Waals surface area contributed by atoms with Gasteiger partial charge >= 0.3 is 0 Å². The zero-order valence-corrected chi connectivity index (χ0v) is 18.2. The Bertz CT molecular complexity index is 801. The van der Waals surface area contributed by atoms with E-state index in [1.807, 2.05) is 0 Å². The fourth-order valence-electron chi connectivity index (χ4n) is 2.30. The summed E-state index contributed by atoms with van der Waals surface area (Å²) in [7, 11) is -1.49. The number of aromatic nitrogens is 3. The van der Waals surface area contributed by atoms with E-state index in [-0.39, 0.29) is 29.0 Å². The van der Waals surface area contributed by atoms with Crippen LogP contribution in [0.5, 0.6) is 0 Å². The van der Waals surface area contributed by atoms with Crippen molar-refractivity contribution in [2.75, 3.05) is 23.0 Å². The summed E-state index contributed by atoms with van der Waals surface area (Å²) in [6.45, 7) is 2.12. The molecule has 1 unspecified atom stereocenters. The van der Waals surface area contributed by atoms with E-state index >= 15 is 0 Å². The molecule has 0 spiro atoms. The third kappa shape index (κ3) is 6.75. The largest absolute Gasteiger partial charge is 0.308 e. The molecule has 148 valence electrons. The van der Waals surface area contributed by atoms with Crippen LogP contribution in [-0.4, -0.2) is 46.9 Å². The molecule has 0 aromatic carbocycles. The van der Waals surface area contributed by atoms with E-state index in [4.69, 9.17) is 11.6 Å². The van der Waals surface area contributed by atoms with E-state index < -0.39 is 21.1 Å². The molecule has 0 radical (unpaired) electrons. The summed E-state index contributed by atoms with van der Waals surface area (Å²) in [4.78, 5) is 18.0. The molecular formula is C16H18ClF2IN4O2S. The summed E-state index contributed by atoms with van der Waals surface area (Å²) in [5.74, 6) is -0.412. The highest BCUT2D eigenvalue weighted by Gasteiger charge is 2.25. The van der Waals surface area contributed by atoms with E-state index in [0.717, 1.165) is 22.6 Å². The van der Waals surface area contributed by atoms with Gasteiger partial charge in [0.15, 0.2) is 5.15 Å². The van der Waals surface area contributed by atoms with Gasteiger partial charge in [-0.25, -0.2) is 4.68 Å². The Morgan fingerprint density at radius 2 is 2.19 bits per heavy atom. The molecule has 6 nitrogen and oxygen atoms in total. The second-order valence-electron chi connectivity index (χ2n) is 5.56. The van der Waals surface area contributed by atoms with Gasteiger partial charge in [0.2, 0.25) is 5.91 Å². The first-order valence-corrected chi connectivity index (χ1v) is 11.0. The maximum absolute atomic E-state index is 12.8. The molecule has 11 heteroatoms. The predicted molar refractivity (Wildman–Crippen MR) is 110 cm³/mol. The van der Waals surface area contributed by atoms with Crippen molar-refractivity contribution < 1.29 is 17.8 Å². The second kappa shape index (κ2) is 9.87. The first-order chi connectivity index (χ1) is 12.7. The van der Waals surface area contributed by atoms with Gasteiger partial charge in [0, 0.05) is 47.9 Å². The van der Waals surface area contributed by atoms with Crippen molar-refractivity contribution >= 4 is 56.6 Å².